The predicted octanol–water partition coefficient (Wildman–Crippen LogP) is 0.205. The van der Waals surface area contributed by atoms with Gasteiger partial charge < -0.3 is 137 Å². The van der Waals surface area contributed by atoms with Crippen LogP contribution in [0.3, 0.4) is 0 Å². The molecule has 22 heterocycles. The van der Waals surface area contributed by atoms with Crippen molar-refractivity contribution in [1.82, 2.24) is 0 Å². The van der Waals surface area contributed by atoms with Crippen LogP contribution in [0.25, 0.3) is 0 Å². The predicted molar refractivity (Wildman–Crippen MR) is 297 cm³/mol. The van der Waals surface area contributed by atoms with Gasteiger partial charge in [-0.05, 0) is 12.3 Å². The second-order valence-corrected chi connectivity index (χ2v) is 22.2. The second kappa shape index (κ2) is 34.5. The summed E-state index contributed by atoms with van der Waals surface area (Å²) in [6.45, 7) is -0.000178. The van der Waals surface area contributed by atoms with Crippen molar-refractivity contribution in [1.29, 1.82) is 0 Å². The minimum atomic E-state index is -1.18. The first-order chi connectivity index (χ1) is 42.4. The lowest BCUT2D eigenvalue weighted by Crippen LogP contribution is -2.70. The Kier molecular flexibility index (Phi) is 28.2. The first-order valence-electron chi connectivity index (χ1n) is 29.4. The third-order valence-electron chi connectivity index (χ3n) is 17.5. The molecule has 0 aromatic heterocycles. The fourth-order valence-electron chi connectivity index (χ4n) is 13.5. The van der Waals surface area contributed by atoms with Gasteiger partial charge in [0, 0.05) is 121 Å². The molecule has 23 rings (SSSR count). The maximum atomic E-state index is 7.17. The van der Waals surface area contributed by atoms with Gasteiger partial charge in [0.1, 0.15) is 140 Å². The topological polar surface area (TPSA) is 268 Å². The smallest absolute Gasteiger partial charge is 0.187 e. The van der Waals surface area contributed by atoms with Crippen LogP contribution in [0.5, 0.6) is 0 Å². The first kappa shape index (κ1) is 71.2. The lowest BCUT2D eigenvalue weighted by atomic mass is 9.90. The van der Waals surface area contributed by atoms with Gasteiger partial charge in [0.15, 0.2) is 37.7 Å². The third kappa shape index (κ3) is 15.4. The molecule has 12 bridgehead atoms. The van der Waals surface area contributed by atoms with E-state index in [0.717, 1.165) is 0 Å². The summed E-state index contributed by atoms with van der Waals surface area (Å²) in [5, 5.41) is 0. The van der Waals surface area contributed by atoms with Crippen molar-refractivity contribution in [2.45, 2.75) is 191 Å². The van der Waals surface area contributed by atoms with Gasteiger partial charge in [-0.15, -0.1) is 0 Å². The highest BCUT2D eigenvalue weighted by atomic mass is 16.8. The van der Waals surface area contributed by atoms with Gasteiger partial charge in [-0.25, -0.2) is 0 Å². The first-order valence-corrected chi connectivity index (χ1v) is 29.4. The van der Waals surface area contributed by atoms with Crippen LogP contribution < -0.4 is 0 Å². The molecule has 0 radical (unpaired) electrons. The fourth-order valence-corrected chi connectivity index (χ4v) is 13.5. The standard InChI is InChI=1S/C58H98O29/c1-59-23-30-36-42(65-7)49(72-14)55(78-30)85-38-32(25-61-3)80-57(51(74-16)44(38)67-9)87-40-34(27-63-5)81-58(52(75-17)46(40)69-11)86-39-33(26-62-4)79-56(50(73-15)45(39)68-10)84-37-31(24-60-2)77-54(48(71-13)43(37)66-8)82-35-29(22-28-20-18-19-21-28)76-53(83-36)47(70-12)41(35)64-6/h18-21,28-58H,22-27H2,1-17H3/t29-,30-,31-,32-,33-,34-,35-,36-,37-,38-,39-,40-,41+,42+,43+,44+,45+,46+,47-,48-,49-,50-,51-,52-,53-,54-,55-,56-,57-,58-/m1/s1. The highest BCUT2D eigenvalue weighted by Crippen LogP contribution is 2.43. The van der Waals surface area contributed by atoms with E-state index in [1.54, 1.807) is 49.8 Å². The van der Waals surface area contributed by atoms with Crippen LogP contribution in [0.1, 0.15) is 6.42 Å². The van der Waals surface area contributed by atoms with Crippen molar-refractivity contribution in [3.8, 4) is 0 Å². The van der Waals surface area contributed by atoms with E-state index in [2.05, 4.69) is 12.2 Å². The average Bonchev–Trinajstić information content (AvgIpc) is 1.32. The van der Waals surface area contributed by atoms with Gasteiger partial charge >= 0.3 is 0 Å². The molecule has 22 aliphatic heterocycles. The average molecular weight is 1260 g/mol. The fraction of sp³-hybridized carbons (Fsp3) is 0.931. The summed E-state index contributed by atoms with van der Waals surface area (Å²) < 4.78 is 188. The van der Waals surface area contributed by atoms with Crippen LogP contribution >= 0.6 is 0 Å². The number of ether oxygens (including phenoxy) is 29. The molecule has 30 atom stereocenters. The Morgan fingerprint density at radius 1 is 0.218 bits per heavy atom. The van der Waals surface area contributed by atoms with Gasteiger partial charge in [-0.1, -0.05) is 24.3 Å². The molecule has 29 nitrogen and oxygen atoms in total. The molecule has 22 fully saturated rings. The van der Waals surface area contributed by atoms with E-state index in [-0.39, 0.29) is 39.0 Å². The van der Waals surface area contributed by atoms with E-state index >= 15 is 0 Å². The van der Waals surface area contributed by atoms with E-state index < -0.39 is 184 Å². The van der Waals surface area contributed by atoms with E-state index in [4.69, 9.17) is 137 Å². The summed E-state index contributed by atoms with van der Waals surface area (Å²) in [4.78, 5) is 0. The number of hydrogen-bond donors (Lipinski definition) is 0. The molecule has 0 unspecified atom stereocenters. The van der Waals surface area contributed by atoms with Crippen LogP contribution in [0.4, 0.5) is 0 Å². The molecule has 0 aromatic carbocycles. The quantitative estimate of drug-likeness (QED) is 0.125. The van der Waals surface area contributed by atoms with Crippen LogP contribution in [-0.4, -0.2) is 338 Å². The summed E-state index contributed by atoms with van der Waals surface area (Å²) >= 11 is 0. The molecule has 23 aliphatic rings. The molecule has 22 saturated heterocycles. The van der Waals surface area contributed by atoms with Gasteiger partial charge in [0.25, 0.3) is 0 Å². The molecule has 0 amide bonds. The molecule has 0 spiro atoms. The summed E-state index contributed by atoms with van der Waals surface area (Å²) in [5.74, 6) is -0.0636. The van der Waals surface area contributed by atoms with Crippen LogP contribution in [0, 0.1) is 5.92 Å². The lowest BCUT2D eigenvalue weighted by molar-refractivity contribution is -0.409. The Bertz CT molecular complexity index is 2010. The van der Waals surface area contributed by atoms with Crippen molar-refractivity contribution < 1.29 is 137 Å². The minimum absolute atomic E-state index is 0.00297. The maximum Gasteiger partial charge on any atom is 0.187 e. The monoisotopic (exact) mass is 1260 g/mol. The van der Waals surface area contributed by atoms with Crippen molar-refractivity contribution in [2.24, 2.45) is 5.92 Å². The summed E-state index contributed by atoms with van der Waals surface area (Å²) in [6.07, 6.45) is -20.6. The summed E-state index contributed by atoms with van der Waals surface area (Å²) in [5.41, 5.74) is 0. The highest BCUT2D eigenvalue weighted by molar-refractivity contribution is 5.18. The molecule has 0 aromatic rings. The van der Waals surface area contributed by atoms with Crippen LogP contribution in [0.15, 0.2) is 24.3 Å². The molecule has 87 heavy (non-hydrogen) atoms. The summed E-state index contributed by atoms with van der Waals surface area (Å²) in [6, 6.07) is 0. The number of hydrogen-bond acceptors (Lipinski definition) is 29. The normalized spacial score (nSPS) is 45.7. The molecule has 29 heteroatoms. The van der Waals surface area contributed by atoms with Crippen molar-refractivity contribution in [3.05, 3.63) is 24.3 Å². The zero-order valence-electron chi connectivity index (χ0n) is 53.3. The maximum absolute atomic E-state index is 7.17. The molecular formula is C58H98O29. The highest BCUT2D eigenvalue weighted by Gasteiger charge is 2.61. The number of methoxy groups -OCH3 is 17. The third-order valence-corrected chi connectivity index (χ3v) is 17.5. The zero-order chi connectivity index (χ0) is 62.5. The number of rotatable bonds is 24. The van der Waals surface area contributed by atoms with E-state index in [0.29, 0.717) is 6.42 Å². The molecular weight excluding hydrogens is 1160 g/mol. The van der Waals surface area contributed by atoms with E-state index in [1.165, 1.54) is 71.1 Å². The Balaban J connectivity index is 1.24. The molecule has 504 valence electrons. The Morgan fingerprint density at radius 2 is 0.391 bits per heavy atom. The Morgan fingerprint density at radius 3 is 0.563 bits per heavy atom. The summed E-state index contributed by atoms with van der Waals surface area (Å²) in [7, 11) is 26.1. The van der Waals surface area contributed by atoms with Crippen LogP contribution in [0.2, 0.25) is 0 Å². The molecule has 1 aliphatic carbocycles. The largest absolute Gasteiger partial charge is 0.382 e. The lowest BCUT2D eigenvalue weighted by Gasteiger charge is -2.53. The zero-order valence-corrected chi connectivity index (χ0v) is 53.3. The SMILES string of the molecule is COC[C@H]1O[C@@H]2O[C@H]3[C@H](OC)[C@@H](OC)[C@@H](O[C@H]4[C@H](OC)[C@@H](OC)[C@@H](O[C@H]5[C@H](OC)[C@@H](OC)[C@@H](O[C@H]6[C@H](OC)[C@@H](OC)[C@@H](O[C@H]7[C@H](OC)[C@@H](OC)[C@@H](O[C@H]1[C@H](OC)[C@H]2OC)O[C@@H]7COC)O[C@@H]6COC)O[C@@H]5CC1C=CC=C1)O[C@@H]4COC)O[C@@H]3COC. The minimum Gasteiger partial charge on any atom is -0.382 e. The number of allylic oxidation sites excluding steroid dienone is 4. The van der Waals surface area contributed by atoms with Gasteiger partial charge in [-0.3, -0.25) is 0 Å². The van der Waals surface area contributed by atoms with Crippen molar-refractivity contribution in [2.75, 3.05) is 154 Å². The molecule has 0 saturated carbocycles. The van der Waals surface area contributed by atoms with Crippen LogP contribution in [-0.2, 0) is 137 Å². The van der Waals surface area contributed by atoms with Crippen molar-refractivity contribution in [3.63, 3.8) is 0 Å². The van der Waals surface area contributed by atoms with Gasteiger partial charge in [0.2, 0.25) is 0 Å². The van der Waals surface area contributed by atoms with Crippen molar-refractivity contribution >= 4 is 0 Å². The van der Waals surface area contributed by atoms with Gasteiger partial charge in [0.05, 0.1) is 39.1 Å². The Hall–Kier alpha value is -1.68. The Labute approximate surface area is 510 Å². The molecule has 0 N–H and O–H groups in total. The van der Waals surface area contributed by atoms with Gasteiger partial charge in [-0.2, -0.15) is 0 Å². The second-order valence-electron chi connectivity index (χ2n) is 22.2. The van der Waals surface area contributed by atoms with E-state index in [1.807, 2.05) is 12.2 Å². The van der Waals surface area contributed by atoms with E-state index in [9.17, 15) is 0 Å².